The molecule has 0 amide bonds. The van der Waals surface area contributed by atoms with E-state index in [9.17, 15) is 0 Å². The van der Waals surface area contributed by atoms with Gasteiger partial charge in [0.05, 0.1) is 5.69 Å². The van der Waals surface area contributed by atoms with Crippen LogP contribution < -0.4 is 5.32 Å². The molecule has 0 unspecified atom stereocenters. The van der Waals surface area contributed by atoms with E-state index in [-0.39, 0.29) is 0 Å². The molecule has 3 aromatic heterocycles. The quantitative estimate of drug-likeness (QED) is 0.796. The first-order valence-electron chi connectivity index (χ1n) is 6.22. The summed E-state index contributed by atoms with van der Waals surface area (Å²) in [4.78, 5) is 4.43. The van der Waals surface area contributed by atoms with E-state index in [0.717, 1.165) is 18.1 Å². The lowest BCUT2D eigenvalue weighted by atomic mass is 10.2. The van der Waals surface area contributed by atoms with Gasteiger partial charge in [-0.3, -0.25) is 4.68 Å². The molecule has 0 saturated heterocycles. The Morgan fingerprint density at radius 3 is 2.89 bits per heavy atom. The van der Waals surface area contributed by atoms with Crippen LogP contribution in [-0.2, 0) is 13.6 Å². The number of rotatable bonds is 3. The number of hydrogen-bond donors (Lipinski definition) is 1. The molecule has 0 fully saturated rings. The molecule has 98 valence electrons. The number of anilines is 1. The topological polar surface area (TPSA) is 42.7 Å². The summed E-state index contributed by atoms with van der Waals surface area (Å²) in [6, 6.07) is 4.16. The normalized spacial score (nSPS) is 11.1. The van der Waals surface area contributed by atoms with E-state index in [4.69, 9.17) is 0 Å². The van der Waals surface area contributed by atoms with Crippen LogP contribution in [0, 0.1) is 13.8 Å². The molecule has 0 atom stereocenters. The zero-order chi connectivity index (χ0) is 13.4. The molecule has 0 aliphatic heterocycles. The molecule has 5 heteroatoms. The van der Waals surface area contributed by atoms with Crippen LogP contribution in [0.4, 0.5) is 5.82 Å². The molecule has 0 bridgehead atoms. The van der Waals surface area contributed by atoms with Gasteiger partial charge >= 0.3 is 0 Å². The lowest BCUT2D eigenvalue weighted by Crippen LogP contribution is -2.03. The van der Waals surface area contributed by atoms with Crippen molar-refractivity contribution in [1.82, 2.24) is 14.8 Å². The summed E-state index contributed by atoms with van der Waals surface area (Å²) in [5.41, 5.74) is 3.52. The largest absolute Gasteiger partial charge is 0.365 e. The molecule has 0 spiro atoms. The average Bonchev–Trinajstić information content (AvgIpc) is 2.95. The van der Waals surface area contributed by atoms with E-state index in [2.05, 4.69) is 33.8 Å². The number of aromatic nitrogens is 3. The molecule has 19 heavy (non-hydrogen) atoms. The van der Waals surface area contributed by atoms with Gasteiger partial charge < -0.3 is 5.32 Å². The Labute approximate surface area is 116 Å². The fourth-order valence-electron chi connectivity index (χ4n) is 2.28. The molecule has 4 nitrogen and oxygen atoms in total. The maximum absolute atomic E-state index is 4.43. The van der Waals surface area contributed by atoms with Crippen LogP contribution in [0.15, 0.2) is 23.7 Å². The van der Waals surface area contributed by atoms with Crippen molar-refractivity contribution in [2.75, 3.05) is 5.32 Å². The van der Waals surface area contributed by atoms with Crippen molar-refractivity contribution < 1.29 is 0 Å². The first-order chi connectivity index (χ1) is 9.16. The second-order valence-electron chi connectivity index (χ2n) is 4.62. The predicted octanol–water partition coefficient (Wildman–Crippen LogP) is 3.26. The summed E-state index contributed by atoms with van der Waals surface area (Å²) in [7, 11) is 1.98. The predicted molar refractivity (Wildman–Crippen MR) is 79.6 cm³/mol. The second-order valence-corrected chi connectivity index (χ2v) is 5.57. The Balaban J connectivity index is 1.88. The maximum Gasteiger partial charge on any atom is 0.134 e. The van der Waals surface area contributed by atoms with Crippen LogP contribution in [0.2, 0.25) is 0 Å². The molecular weight excluding hydrogens is 256 g/mol. The molecule has 0 aliphatic carbocycles. The highest BCUT2D eigenvalue weighted by atomic mass is 32.1. The van der Waals surface area contributed by atoms with Crippen molar-refractivity contribution in [3.05, 3.63) is 40.7 Å². The van der Waals surface area contributed by atoms with Gasteiger partial charge in [-0.2, -0.15) is 5.10 Å². The average molecular weight is 272 g/mol. The number of fused-ring (bicyclic) bond motifs is 1. The van der Waals surface area contributed by atoms with Crippen molar-refractivity contribution in [1.29, 1.82) is 0 Å². The second kappa shape index (κ2) is 4.66. The van der Waals surface area contributed by atoms with Crippen molar-refractivity contribution in [3.63, 3.8) is 0 Å². The summed E-state index contributed by atoms with van der Waals surface area (Å²) in [5.74, 6) is 0.946. The Bertz CT molecular complexity index is 726. The van der Waals surface area contributed by atoms with Gasteiger partial charge in [-0.1, -0.05) is 0 Å². The molecule has 3 rings (SSSR count). The highest BCUT2D eigenvalue weighted by molar-refractivity contribution is 7.17. The first kappa shape index (κ1) is 12.2. The molecule has 1 N–H and O–H groups in total. The van der Waals surface area contributed by atoms with Crippen molar-refractivity contribution in [2.45, 2.75) is 20.4 Å². The highest BCUT2D eigenvalue weighted by Crippen LogP contribution is 2.26. The van der Waals surface area contributed by atoms with Crippen molar-refractivity contribution >= 4 is 27.2 Å². The summed E-state index contributed by atoms with van der Waals surface area (Å²) in [6.07, 6.45) is 1.85. The Kier molecular flexibility index (Phi) is 2.98. The van der Waals surface area contributed by atoms with Gasteiger partial charge in [0.25, 0.3) is 0 Å². The van der Waals surface area contributed by atoms with Gasteiger partial charge in [0.1, 0.15) is 5.82 Å². The Morgan fingerprint density at radius 2 is 2.16 bits per heavy atom. The molecule has 3 heterocycles. The van der Waals surface area contributed by atoms with Gasteiger partial charge in [-0.15, -0.1) is 11.3 Å². The van der Waals surface area contributed by atoms with Crippen LogP contribution in [0.25, 0.3) is 10.1 Å². The SMILES string of the molecule is Cc1nn(C)c(C)c1CNc1nccc2sccc12. The maximum atomic E-state index is 4.43. The zero-order valence-electron chi connectivity index (χ0n) is 11.3. The van der Waals surface area contributed by atoms with Crippen LogP contribution in [0.5, 0.6) is 0 Å². The van der Waals surface area contributed by atoms with E-state index in [0.29, 0.717) is 0 Å². The molecule has 0 radical (unpaired) electrons. The molecule has 3 aromatic rings. The minimum absolute atomic E-state index is 0.757. The summed E-state index contributed by atoms with van der Waals surface area (Å²) in [6.45, 7) is 4.89. The van der Waals surface area contributed by atoms with Crippen LogP contribution in [0.3, 0.4) is 0 Å². The Hall–Kier alpha value is -1.88. The minimum Gasteiger partial charge on any atom is -0.365 e. The van der Waals surface area contributed by atoms with E-state index in [1.165, 1.54) is 21.3 Å². The fourth-order valence-corrected chi connectivity index (χ4v) is 3.06. The number of aryl methyl sites for hydroxylation is 2. The third-order valence-corrected chi connectivity index (χ3v) is 4.35. The summed E-state index contributed by atoms with van der Waals surface area (Å²) in [5, 5.41) is 11.1. The minimum atomic E-state index is 0.757. The number of pyridine rings is 1. The smallest absolute Gasteiger partial charge is 0.134 e. The summed E-state index contributed by atoms with van der Waals surface area (Å²) < 4.78 is 3.18. The lowest BCUT2D eigenvalue weighted by molar-refractivity contribution is 0.730. The third kappa shape index (κ3) is 2.10. The van der Waals surface area contributed by atoms with Gasteiger partial charge in [-0.05, 0) is 31.4 Å². The Morgan fingerprint density at radius 1 is 1.32 bits per heavy atom. The fraction of sp³-hybridized carbons (Fsp3) is 0.286. The summed E-state index contributed by atoms with van der Waals surface area (Å²) >= 11 is 1.74. The van der Waals surface area contributed by atoms with E-state index >= 15 is 0 Å². The number of nitrogens with one attached hydrogen (secondary N) is 1. The monoisotopic (exact) mass is 272 g/mol. The van der Waals surface area contributed by atoms with Gasteiger partial charge in [-0.25, -0.2) is 4.98 Å². The highest BCUT2D eigenvalue weighted by Gasteiger charge is 2.10. The lowest BCUT2D eigenvalue weighted by Gasteiger charge is -2.07. The van der Waals surface area contributed by atoms with Crippen molar-refractivity contribution in [3.8, 4) is 0 Å². The molecular formula is C14H16N4S. The van der Waals surface area contributed by atoms with Gasteiger partial charge in [0.15, 0.2) is 0 Å². The van der Waals surface area contributed by atoms with E-state index in [1.54, 1.807) is 11.3 Å². The molecule has 0 saturated carbocycles. The molecule has 0 aromatic carbocycles. The van der Waals surface area contributed by atoms with Crippen LogP contribution >= 0.6 is 11.3 Å². The zero-order valence-corrected chi connectivity index (χ0v) is 12.1. The third-order valence-electron chi connectivity index (χ3n) is 3.47. The van der Waals surface area contributed by atoms with Crippen LogP contribution in [-0.4, -0.2) is 14.8 Å². The van der Waals surface area contributed by atoms with E-state index in [1.807, 2.05) is 30.9 Å². The number of thiophene rings is 1. The van der Waals surface area contributed by atoms with Crippen LogP contribution in [0.1, 0.15) is 17.0 Å². The standard InChI is InChI=1S/C14H16N4S/c1-9-12(10(2)18(3)17-9)8-16-14-11-5-7-19-13(11)4-6-15-14/h4-7H,8H2,1-3H3,(H,15,16). The van der Waals surface area contributed by atoms with E-state index < -0.39 is 0 Å². The first-order valence-corrected chi connectivity index (χ1v) is 7.10. The van der Waals surface area contributed by atoms with Crippen molar-refractivity contribution in [2.24, 2.45) is 7.05 Å². The number of hydrogen-bond acceptors (Lipinski definition) is 4. The molecule has 0 aliphatic rings. The number of nitrogens with zero attached hydrogens (tertiary/aromatic N) is 3. The van der Waals surface area contributed by atoms with Gasteiger partial charge in [0, 0.05) is 41.1 Å². The van der Waals surface area contributed by atoms with Gasteiger partial charge in [0.2, 0.25) is 0 Å².